The molecule has 1 heterocycles. The topological polar surface area (TPSA) is 12.5 Å². The fourth-order valence-corrected chi connectivity index (χ4v) is 3.40. The van der Waals surface area contributed by atoms with Crippen molar-refractivity contribution < 1.29 is 4.74 Å². The quantitative estimate of drug-likeness (QED) is 0.739. The average molecular weight is 229 g/mol. The molecule has 2 nitrogen and oxygen atoms in total. The van der Waals surface area contributed by atoms with Crippen LogP contribution < -0.4 is 4.74 Å². The molecule has 0 amide bonds. The van der Waals surface area contributed by atoms with Crippen LogP contribution in [0.4, 0.5) is 0 Å². The number of fused-ring (bicyclic) bond motifs is 3. The Bertz CT molecular complexity index is 441. The van der Waals surface area contributed by atoms with E-state index in [-0.39, 0.29) is 0 Å². The standard InChI is InChI=1S/C15H19NO/c1-3-7-16-8-6-13-14-10-12(17-2)5-4-11(14)9-15(13)16/h3-5,10,13,15H,1,6-9H2,2H3. The van der Waals surface area contributed by atoms with Crippen molar-refractivity contribution in [2.75, 3.05) is 20.2 Å². The van der Waals surface area contributed by atoms with Crippen LogP contribution >= 0.6 is 0 Å². The van der Waals surface area contributed by atoms with Gasteiger partial charge in [0.05, 0.1) is 7.11 Å². The molecule has 0 N–H and O–H groups in total. The lowest BCUT2D eigenvalue weighted by Crippen LogP contribution is -2.31. The lowest BCUT2D eigenvalue weighted by atomic mass is 9.98. The second-order valence-corrected chi connectivity index (χ2v) is 5.01. The lowest BCUT2D eigenvalue weighted by molar-refractivity contribution is 0.278. The van der Waals surface area contributed by atoms with E-state index in [0.717, 1.165) is 12.3 Å². The van der Waals surface area contributed by atoms with Gasteiger partial charge in [0.25, 0.3) is 0 Å². The molecule has 17 heavy (non-hydrogen) atoms. The fourth-order valence-electron chi connectivity index (χ4n) is 3.40. The zero-order valence-electron chi connectivity index (χ0n) is 10.4. The summed E-state index contributed by atoms with van der Waals surface area (Å²) < 4.78 is 5.33. The maximum Gasteiger partial charge on any atom is 0.119 e. The summed E-state index contributed by atoms with van der Waals surface area (Å²) in [6.45, 7) is 6.08. The van der Waals surface area contributed by atoms with Crippen molar-refractivity contribution in [2.45, 2.75) is 24.8 Å². The lowest BCUT2D eigenvalue weighted by Gasteiger charge is -2.21. The first kappa shape index (κ1) is 10.8. The van der Waals surface area contributed by atoms with Gasteiger partial charge in [0.2, 0.25) is 0 Å². The summed E-state index contributed by atoms with van der Waals surface area (Å²) in [5.41, 5.74) is 3.02. The normalized spacial score (nSPS) is 26.6. The predicted octanol–water partition coefficient (Wildman–Crippen LogP) is 2.60. The van der Waals surface area contributed by atoms with Crippen LogP contribution in [0.25, 0.3) is 0 Å². The summed E-state index contributed by atoms with van der Waals surface area (Å²) in [6.07, 6.45) is 4.49. The minimum atomic E-state index is 0.690. The van der Waals surface area contributed by atoms with E-state index in [1.807, 2.05) is 6.08 Å². The van der Waals surface area contributed by atoms with Gasteiger partial charge < -0.3 is 4.74 Å². The third-order valence-electron chi connectivity index (χ3n) is 4.21. The second-order valence-electron chi connectivity index (χ2n) is 5.01. The Morgan fingerprint density at radius 1 is 1.53 bits per heavy atom. The SMILES string of the molecule is C=CCN1CCC2c3cc(OC)ccc3CC21. The number of likely N-dealkylation sites (tertiary alicyclic amines) is 1. The van der Waals surface area contributed by atoms with Crippen LogP contribution in [0.15, 0.2) is 30.9 Å². The molecule has 1 fully saturated rings. The molecule has 0 saturated carbocycles. The summed E-state index contributed by atoms with van der Waals surface area (Å²) in [5.74, 6) is 1.70. The smallest absolute Gasteiger partial charge is 0.119 e. The van der Waals surface area contributed by atoms with Gasteiger partial charge in [0, 0.05) is 18.5 Å². The van der Waals surface area contributed by atoms with E-state index < -0.39 is 0 Å². The Balaban J connectivity index is 1.90. The van der Waals surface area contributed by atoms with Gasteiger partial charge in [-0.15, -0.1) is 6.58 Å². The van der Waals surface area contributed by atoms with E-state index in [1.54, 1.807) is 7.11 Å². The van der Waals surface area contributed by atoms with Crippen LogP contribution in [0, 0.1) is 0 Å². The molecule has 2 heteroatoms. The van der Waals surface area contributed by atoms with Gasteiger partial charge in [-0.1, -0.05) is 12.1 Å². The average Bonchev–Trinajstić information content (AvgIpc) is 2.89. The first-order valence-corrected chi connectivity index (χ1v) is 6.35. The van der Waals surface area contributed by atoms with E-state index >= 15 is 0 Å². The Hall–Kier alpha value is -1.28. The molecule has 1 aliphatic carbocycles. The van der Waals surface area contributed by atoms with Crippen molar-refractivity contribution in [3.63, 3.8) is 0 Å². The summed E-state index contributed by atoms with van der Waals surface area (Å²) in [5, 5.41) is 0. The van der Waals surface area contributed by atoms with E-state index in [1.165, 1.54) is 30.5 Å². The van der Waals surface area contributed by atoms with Crippen LogP contribution in [0.1, 0.15) is 23.5 Å². The van der Waals surface area contributed by atoms with Crippen molar-refractivity contribution in [3.05, 3.63) is 42.0 Å². The van der Waals surface area contributed by atoms with Crippen LogP contribution in [0.5, 0.6) is 5.75 Å². The largest absolute Gasteiger partial charge is 0.497 e. The van der Waals surface area contributed by atoms with Crippen LogP contribution in [-0.2, 0) is 6.42 Å². The number of hydrogen-bond acceptors (Lipinski definition) is 2. The van der Waals surface area contributed by atoms with E-state index in [0.29, 0.717) is 12.0 Å². The molecule has 2 aliphatic rings. The van der Waals surface area contributed by atoms with Gasteiger partial charge in [0.15, 0.2) is 0 Å². The molecule has 1 aromatic carbocycles. The van der Waals surface area contributed by atoms with Crippen LogP contribution in [0.2, 0.25) is 0 Å². The Labute approximate surface area is 103 Å². The molecule has 2 unspecified atom stereocenters. The molecule has 90 valence electrons. The predicted molar refractivity (Wildman–Crippen MR) is 69.6 cm³/mol. The summed E-state index contributed by atoms with van der Waals surface area (Å²) in [7, 11) is 1.74. The number of ether oxygens (including phenoxy) is 1. The van der Waals surface area contributed by atoms with Crippen molar-refractivity contribution >= 4 is 0 Å². The minimum Gasteiger partial charge on any atom is -0.497 e. The van der Waals surface area contributed by atoms with Crippen LogP contribution in [0.3, 0.4) is 0 Å². The van der Waals surface area contributed by atoms with Gasteiger partial charge in [-0.2, -0.15) is 0 Å². The number of nitrogens with zero attached hydrogens (tertiary/aromatic N) is 1. The number of hydrogen-bond donors (Lipinski definition) is 0. The van der Waals surface area contributed by atoms with Crippen molar-refractivity contribution in [2.24, 2.45) is 0 Å². The van der Waals surface area contributed by atoms with Gasteiger partial charge in [-0.25, -0.2) is 0 Å². The third kappa shape index (κ3) is 1.67. The summed E-state index contributed by atoms with van der Waals surface area (Å²) >= 11 is 0. The van der Waals surface area contributed by atoms with Gasteiger partial charge >= 0.3 is 0 Å². The molecule has 1 aliphatic heterocycles. The van der Waals surface area contributed by atoms with E-state index in [4.69, 9.17) is 4.74 Å². The van der Waals surface area contributed by atoms with Crippen LogP contribution in [-0.4, -0.2) is 31.1 Å². The highest BCUT2D eigenvalue weighted by Gasteiger charge is 2.40. The highest BCUT2D eigenvalue weighted by Crippen LogP contribution is 2.43. The van der Waals surface area contributed by atoms with Gasteiger partial charge in [-0.3, -0.25) is 4.90 Å². The number of rotatable bonds is 3. The molecule has 1 aromatic rings. The van der Waals surface area contributed by atoms with Gasteiger partial charge in [0.1, 0.15) is 5.75 Å². The highest BCUT2D eigenvalue weighted by molar-refractivity contribution is 5.44. The summed E-state index contributed by atoms with van der Waals surface area (Å²) in [4.78, 5) is 2.56. The Morgan fingerprint density at radius 3 is 3.18 bits per heavy atom. The zero-order chi connectivity index (χ0) is 11.8. The van der Waals surface area contributed by atoms with Crippen molar-refractivity contribution in [1.82, 2.24) is 4.90 Å². The van der Waals surface area contributed by atoms with Crippen molar-refractivity contribution in [1.29, 1.82) is 0 Å². The minimum absolute atomic E-state index is 0.690. The number of benzene rings is 1. The van der Waals surface area contributed by atoms with Gasteiger partial charge in [-0.05, 0) is 42.6 Å². The molecule has 0 radical (unpaired) electrons. The van der Waals surface area contributed by atoms with E-state index in [2.05, 4.69) is 29.7 Å². The molecule has 1 saturated heterocycles. The molecule has 0 aromatic heterocycles. The molecular weight excluding hydrogens is 210 g/mol. The monoisotopic (exact) mass is 229 g/mol. The third-order valence-corrected chi connectivity index (χ3v) is 4.21. The Morgan fingerprint density at radius 2 is 2.41 bits per heavy atom. The maximum absolute atomic E-state index is 5.33. The zero-order valence-corrected chi connectivity index (χ0v) is 10.4. The molecule has 0 bridgehead atoms. The fraction of sp³-hybridized carbons (Fsp3) is 0.467. The maximum atomic E-state index is 5.33. The molecule has 3 rings (SSSR count). The summed E-state index contributed by atoms with van der Waals surface area (Å²) in [6, 6.07) is 7.24. The first-order valence-electron chi connectivity index (χ1n) is 6.35. The second kappa shape index (κ2) is 4.19. The number of methoxy groups -OCH3 is 1. The van der Waals surface area contributed by atoms with E-state index in [9.17, 15) is 0 Å². The Kier molecular flexibility index (Phi) is 2.67. The highest BCUT2D eigenvalue weighted by atomic mass is 16.5. The molecular formula is C15H19NO. The molecule has 0 spiro atoms. The van der Waals surface area contributed by atoms with Crippen molar-refractivity contribution in [3.8, 4) is 5.75 Å². The molecule has 2 atom stereocenters. The first-order chi connectivity index (χ1) is 8.33.